The molecule has 0 aromatic carbocycles. The van der Waals surface area contributed by atoms with Crippen molar-refractivity contribution in [1.82, 2.24) is 14.9 Å². The molecule has 0 bridgehead atoms. The number of nitrogens with zero attached hydrogens (tertiary/aromatic N) is 4. The van der Waals surface area contributed by atoms with Crippen LogP contribution in [0.1, 0.15) is 19.4 Å². The molecule has 0 saturated heterocycles. The molecule has 0 fully saturated rings. The minimum Gasteiger partial charge on any atom is -0.355 e. The fourth-order valence-corrected chi connectivity index (χ4v) is 1.87. The van der Waals surface area contributed by atoms with Gasteiger partial charge < -0.3 is 9.80 Å². The largest absolute Gasteiger partial charge is 0.355 e. The smallest absolute Gasteiger partial charge is 0.239 e. The molecule has 1 rings (SSSR count). The lowest BCUT2D eigenvalue weighted by Gasteiger charge is -2.28. The van der Waals surface area contributed by atoms with Crippen LogP contribution in [0.3, 0.4) is 0 Å². The Bertz CT molecular complexity index is 391. The number of aromatic nitrogens is 2. The van der Waals surface area contributed by atoms with Gasteiger partial charge >= 0.3 is 0 Å². The predicted octanol–water partition coefficient (Wildman–Crippen LogP) is 1.09. The quantitative estimate of drug-likeness (QED) is 0.569. The number of rotatable bonds is 7. The van der Waals surface area contributed by atoms with Gasteiger partial charge in [-0.3, -0.25) is 5.43 Å². The third-order valence-corrected chi connectivity index (χ3v) is 2.78. The van der Waals surface area contributed by atoms with E-state index >= 15 is 0 Å². The number of nitrogen functional groups attached to an aromatic ring is 1. The molecule has 1 aromatic rings. The monoisotopic (exact) mass is 266 g/mol. The molecule has 0 atom stereocenters. The highest BCUT2D eigenvalue weighted by molar-refractivity contribution is 5.48. The van der Waals surface area contributed by atoms with Crippen molar-refractivity contribution in [2.24, 2.45) is 11.8 Å². The zero-order valence-corrected chi connectivity index (χ0v) is 12.6. The van der Waals surface area contributed by atoms with Gasteiger partial charge in [0, 0.05) is 31.4 Å². The van der Waals surface area contributed by atoms with E-state index in [0.717, 1.165) is 31.0 Å². The minimum atomic E-state index is 0.458. The Hall–Kier alpha value is -1.40. The summed E-state index contributed by atoms with van der Waals surface area (Å²) in [7, 11) is 4.15. The van der Waals surface area contributed by atoms with Crippen molar-refractivity contribution in [2.45, 2.75) is 20.8 Å². The molecule has 0 radical (unpaired) electrons. The van der Waals surface area contributed by atoms with Crippen molar-refractivity contribution >= 4 is 11.8 Å². The molecule has 3 N–H and O–H groups in total. The highest BCUT2D eigenvalue weighted by Crippen LogP contribution is 2.18. The number of nitrogens with one attached hydrogen (secondary N) is 1. The molecule has 0 saturated carbocycles. The highest BCUT2D eigenvalue weighted by Gasteiger charge is 2.14. The van der Waals surface area contributed by atoms with E-state index in [0.29, 0.717) is 11.9 Å². The normalized spacial score (nSPS) is 11.2. The average molecular weight is 266 g/mol. The molecular formula is C13H26N6. The van der Waals surface area contributed by atoms with E-state index in [-0.39, 0.29) is 0 Å². The van der Waals surface area contributed by atoms with Gasteiger partial charge in [-0.25, -0.2) is 10.8 Å². The second kappa shape index (κ2) is 7.25. The van der Waals surface area contributed by atoms with E-state index in [1.54, 1.807) is 6.20 Å². The van der Waals surface area contributed by atoms with Crippen LogP contribution in [0.4, 0.5) is 11.8 Å². The van der Waals surface area contributed by atoms with Gasteiger partial charge in [0.25, 0.3) is 0 Å². The number of hydrazine groups is 1. The van der Waals surface area contributed by atoms with Crippen LogP contribution >= 0.6 is 0 Å². The molecule has 6 heteroatoms. The lowest BCUT2D eigenvalue weighted by Crippen LogP contribution is -2.35. The number of hydrogen-bond donors (Lipinski definition) is 2. The lowest BCUT2D eigenvalue weighted by atomic mass is 10.2. The molecule has 0 unspecified atom stereocenters. The van der Waals surface area contributed by atoms with Gasteiger partial charge in [-0.2, -0.15) is 4.98 Å². The van der Waals surface area contributed by atoms with Crippen LogP contribution in [0.5, 0.6) is 0 Å². The number of nitrogens with two attached hydrogens (primary N) is 1. The van der Waals surface area contributed by atoms with E-state index in [2.05, 4.69) is 53.1 Å². The van der Waals surface area contributed by atoms with Gasteiger partial charge in [0.2, 0.25) is 5.95 Å². The first-order valence-corrected chi connectivity index (χ1v) is 6.64. The van der Waals surface area contributed by atoms with E-state index in [1.165, 1.54) is 0 Å². The standard InChI is InChI=1S/C13H26N6/c1-10(2)9-19(7-6-18(4)5)12-11(3)8-15-13(16-12)17-14/h8,10H,6-7,9,14H2,1-5H3,(H,15,16,17). The Morgan fingerprint density at radius 3 is 2.53 bits per heavy atom. The van der Waals surface area contributed by atoms with Gasteiger partial charge in [0.15, 0.2) is 0 Å². The summed E-state index contributed by atoms with van der Waals surface area (Å²) < 4.78 is 0. The lowest BCUT2D eigenvalue weighted by molar-refractivity contribution is 0.408. The van der Waals surface area contributed by atoms with E-state index in [4.69, 9.17) is 5.84 Å². The van der Waals surface area contributed by atoms with Crippen LogP contribution in [0.25, 0.3) is 0 Å². The summed E-state index contributed by atoms with van der Waals surface area (Å²) in [5.74, 6) is 7.38. The molecule has 0 spiro atoms. The van der Waals surface area contributed by atoms with Crippen LogP contribution in [0.2, 0.25) is 0 Å². The summed E-state index contributed by atoms with van der Waals surface area (Å²) in [6.07, 6.45) is 1.81. The van der Waals surface area contributed by atoms with Gasteiger partial charge in [-0.05, 0) is 26.9 Å². The van der Waals surface area contributed by atoms with Crippen molar-refractivity contribution in [3.63, 3.8) is 0 Å². The van der Waals surface area contributed by atoms with Crippen LogP contribution in [-0.2, 0) is 0 Å². The van der Waals surface area contributed by atoms with Crippen molar-refractivity contribution in [2.75, 3.05) is 44.1 Å². The van der Waals surface area contributed by atoms with Gasteiger partial charge in [0.1, 0.15) is 5.82 Å². The van der Waals surface area contributed by atoms with Gasteiger partial charge in [-0.15, -0.1) is 0 Å². The van der Waals surface area contributed by atoms with E-state index in [9.17, 15) is 0 Å². The zero-order valence-electron chi connectivity index (χ0n) is 12.6. The Morgan fingerprint density at radius 1 is 1.32 bits per heavy atom. The maximum atomic E-state index is 5.39. The van der Waals surface area contributed by atoms with Crippen LogP contribution < -0.4 is 16.2 Å². The molecule has 1 heterocycles. The van der Waals surface area contributed by atoms with Gasteiger partial charge in [-0.1, -0.05) is 13.8 Å². The molecule has 0 aliphatic rings. The summed E-state index contributed by atoms with van der Waals surface area (Å²) in [6, 6.07) is 0. The first kappa shape index (κ1) is 15.7. The van der Waals surface area contributed by atoms with Crippen LogP contribution in [0, 0.1) is 12.8 Å². The Kier molecular flexibility index (Phi) is 5.98. The molecule has 19 heavy (non-hydrogen) atoms. The Labute approximate surface area is 116 Å². The number of anilines is 2. The van der Waals surface area contributed by atoms with Crippen molar-refractivity contribution in [3.05, 3.63) is 11.8 Å². The number of aryl methyl sites for hydroxylation is 1. The first-order chi connectivity index (χ1) is 8.93. The SMILES string of the molecule is Cc1cnc(NN)nc1N(CCN(C)C)CC(C)C. The van der Waals surface area contributed by atoms with Crippen LogP contribution in [0.15, 0.2) is 6.20 Å². The second-order valence-electron chi connectivity index (χ2n) is 5.49. The fourth-order valence-electron chi connectivity index (χ4n) is 1.87. The third kappa shape index (κ3) is 5.00. The summed E-state index contributed by atoms with van der Waals surface area (Å²) in [6.45, 7) is 9.34. The van der Waals surface area contributed by atoms with Crippen LogP contribution in [-0.4, -0.2) is 48.6 Å². The molecule has 108 valence electrons. The maximum absolute atomic E-state index is 5.39. The molecule has 0 amide bonds. The van der Waals surface area contributed by atoms with Crippen molar-refractivity contribution < 1.29 is 0 Å². The number of hydrogen-bond acceptors (Lipinski definition) is 6. The Morgan fingerprint density at radius 2 is 2.00 bits per heavy atom. The summed E-state index contributed by atoms with van der Waals surface area (Å²) in [5.41, 5.74) is 3.58. The average Bonchev–Trinajstić information content (AvgIpc) is 2.34. The third-order valence-electron chi connectivity index (χ3n) is 2.78. The molecule has 6 nitrogen and oxygen atoms in total. The predicted molar refractivity (Wildman–Crippen MR) is 80.2 cm³/mol. The van der Waals surface area contributed by atoms with E-state index < -0.39 is 0 Å². The molecular weight excluding hydrogens is 240 g/mol. The van der Waals surface area contributed by atoms with Crippen molar-refractivity contribution in [3.8, 4) is 0 Å². The summed E-state index contributed by atoms with van der Waals surface area (Å²) in [4.78, 5) is 13.1. The molecule has 0 aliphatic heterocycles. The number of likely N-dealkylation sites (N-methyl/N-ethyl adjacent to an activating group) is 1. The minimum absolute atomic E-state index is 0.458. The zero-order chi connectivity index (χ0) is 14.4. The fraction of sp³-hybridized carbons (Fsp3) is 0.692. The molecule has 1 aromatic heterocycles. The Balaban J connectivity index is 2.94. The highest BCUT2D eigenvalue weighted by atomic mass is 15.3. The van der Waals surface area contributed by atoms with E-state index in [1.807, 2.05) is 6.92 Å². The maximum Gasteiger partial charge on any atom is 0.239 e. The van der Waals surface area contributed by atoms with Gasteiger partial charge in [0.05, 0.1) is 0 Å². The first-order valence-electron chi connectivity index (χ1n) is 6.64. The summed E-state index contributed by atoms with van der Waals surface area (Å²) >= 11 is 0. The molecule has 0 aliphatic carbocycles. The topological polar surface area (TPSA) is 70.3 Å². The second-order valence-corrected chi connectivity index (χ2v) is 5.49. The van der Waals surface area contributed by atoms with Crippen molar-refractivity contribution in [1.29, 1.82) is 0 Å². The summed E-state index contributed by atoms with van der Waals surface area (Å²) in [5, 5.41) is 0.